The molecule has 0 saturated carbocycles. The van der Waals surface area contributed by atoms with Crippen molar-refractivity contribution in [1.82, 2.24) is 19.2 Å². The molecule has 2 amide bonds. The number of hydrogen-bond acceptors (Lipinski definition) is 2. The van der Waals surface area contributed by atoms with Crippen LogP contribution in [0.3, 0.4) is 0 Å². The standard InChI is InChI=1S/C33H33N5O/c1-4-24-16-18-26(19-17-24)34-33(39)37-22-28-29(5-2)35-38(27-13-7-6-8-14-27)32(28)36-20-10-15-30(36)31(37)25-12-9-11-23(3)21-25/h6-21,31H,4-5,22H2,1-3H3,(H,34,39)/t31-/m1/s1. The second-order valence-electron chi connectivity index (χ2n) is 10.1. The number of carbonyl (C=O) groups excluding carboxylic acids is 1. The monoisotopic (exact) mass is 515 g/mol. The molecule has 6 nitrogen and oxygen atoms in total. The summed E-state index contributed by atoms with van der Waals surface area (Å²) in [6.45, 7) is 6.78. The summed E-state index contributed by atoms with van der Waals surface area (Å²) in [6.07, 6.45) is 3.81. The van der Waals surface area contributed by atoms with Crippen LogP contribution < -0.4 is 5.32 Å². The van der Waals surface area contributed by atoms with Crippen LogP contribution in [0.2, 0.25) is 0 Å². The van der Waals surface area contributed by atoms with E-state index in [1.807, 2.05) is 39.9 Å². The highest BCUT2D eigenvalue weighted by Gasteiger charge is 2.36. The lowest BCUT2D eigenvalue weighted by molar-refractivity contribution is 0.194. The number of aromatic nitrogens is 3. The van der Waals surface area contributed by atoms with Gasteiger partial charge in [0.2, 0.25) is 0 Å². The molecule has 0 unspecified atom stereocenters. The van der Waals surface area contributed by atoms with Crippen molar-refractivity contribution in [2.45, 2.75) is 46.2 Å². The molecule has 0 spiro atoms. The first-order valence-corrected chi connectivity index (χ1v) is 13.6. The van der Waals surface area contributed by atoms with Crippen LogP contribution in [-0.4, -0.2) is 25.3 Å². The molecule has 1 N–H and O–H groups in total. The molecule has 196 valence electrons. The van der Waals surface area contributed by atoms with Crippen LogP contribution in [0.25, 0.3) is 11.5 Å². The van der Waals surface area contributed by atoms with E-state index >= 15 is 0 Å². The molecule has 0 fully saturated rings. The smallest absolute Gasteiger partial charge is 0.308 e. The maximum atomic E-state index is 14.1. The minimum Gasteiger partial charge on any atom is -0.308 e. The zero-order valence-corrected chi connectivity index (χ0v) is 22.6. The molecule has 1 aliphatic heterocycles. The molecular weight excluding hydrogens is 482 g/mol. The molecule has 6 rings (SSSR count). The van der Waals surface area contributed by atoms with Gasteiger partial charge < -0.3 is 14.8 Å². The quantitative estimate of drug-likeness (QED) is 0.268. The first-order chi connectivity index (χ1) is 19.1. The number of nitrogens with one attached hydrogen (secondary N) is 1. The molecule has 39 heavy (non-hydrogen) atoms. The minimum atomic E-state index is -0.281. The van der Waals surface area contributed by atoms with Crippen molar-refractivity contribution in [2.75, 3.05) is 5.32 Å². The van der Waals surface area contributed by atoms with Gasteiger partial charge in [0.05, 0.1) is 29.7 Å². The molecule has 5 aromatic rings. The molecule has 0 bridgehead atoms. The molecule has 2 aromatic heterocycles. The van der Waals surface area contributed by atoms with Gasteiger partial charge in [0.15, 0.2) is 0 Å². The summed E-state index contributed by atoms with van der Waals surface area (Å²) in [5.74, 6) is 0.985. The Morgan fingerprint density at radius 1 is 0.923 bits per heavy atom. The number of hydrogen-bond donors (Lipinski definition) is 1. The number of fused-ring (bicyclic) bond motifs is 3. The lowest BCUT2D eigenvalue weighted by Crippen LogP contribution is -2.38. The third-order valence-corrected chi connectivity index (χ3v) is 7.54. The van der Waals surface area contributed by atoms with Crippen molar-refractivity contribution < 1.29 is 4.79 Å². The van der Waals surface area contributed by atoms with Gasteiger partial charge in [-0.15, -0.1) is 0 Å². The number of rotatable bonds is 5. The fourth-order valence-electron chi connectivity index (χ4n) is 5.56. The van der Waals surface area contributed by atoms with Crippen LogP contribution in [0.4, 0.5) is 10.5 Å². The van der Waals surface area contributed by atoms with Crippen molar-refractivity contribution in [3.8, 4) is 11.5 Å². The van der Waals surface area contributed by atoms with E-state index in [1.54, 1.807) is 0 Å². The molecule has 0 saturated heterocycles. The first-order valence-electron chi connectivity index (χ1n) is 13.6. The summed E-state index contributed by atoms with van der Waals surface area (Å²) in [5, 5.41) is 8.23. The third kappa shape index (κ3) is 4.52. The molecule has 3 aromatic carbocycles. The van der Waals surface area contributed by atoms with Gasteiger partial charge >= 0.3 is 6.03 Å². The highest BCUT2D eigenvalue weighted by molar-refractivity contribution is 5.90. The SMILES string of the molecule is CCc1ccc(NC(=O)N2Cc3c(CC)nn(-c4ccccc4)c3-n3cccc3[C@H]2c2cccc(C)c2)cc1. The van der Waals surface area contributed by atoms with E-state index in [-0.39, 0.29) is 12.1 Å². The highest BCUT2D eigenvalue weighted by Crippen LogP contribution is 2.39. The van der Waals surface area contributed by atoms with Crippen molar-refractivity contribution >= 4 is 11.7 Å². The van der Waals surface area contributed by atoms with Gasteiger partial charge in [-0.05, 0) is 67.3 Å². The Kier molecular flexibility index (Phi) is 6.53. The number of carbonyl (C=O) groups is 1. The Hall–Kier alpha value is -4.58. The fourth-order valence-corrected chi connectivity index (χ4v) is 5.56. The van der Waals surface area contributed by atoms with Gasteiger partial charge in [-0.3, -0.25) is 0 Å². The van der Waals surface area contributed by atoms with Gasteiger partial charge in [0.25, 0.3) is 0 Å². The van der Waals surface area contributed by atoms with E-state index in [2.05, 4.69) is 97.5 Å². The average Bonchev–Trinajstić information content (AvgIpc) is 3.55. The molecule has 1 aliphatic rings. The number of para-hydroxylation sites is 1. The zero-order chi connectivity index (χ0) is 26.9. The van der Waals surface area contributed by atoms with Crippen molar-refractivity contribution in [2.24, 2.45) is 0 Å². The van der Waals surface area contributed by atoms with Crippen LogP contribution in [0.5, 0.6) is 0 Å². The zero-order valence-electron chi connectivity index (χ0n) is 22.6. The summed E-state index contributed by atoms with van der Waals surface area (Å²) in [4.78, 5) is 16.1. The fraction of sp³-hybridized carbons (Fsp3) is 0.212. The van der Waals surface area contributed by atoms with E-state index in [9.17, 15) is 4.79 Å². The molecule has 6 heteroatoms. The third-order valence-electron chi connectivity index (χ3n) is 7.54. The van der Waals surface area contributed by atoms with E-state index in [4.69, 9.17) is 5.10 Å². The minimum absolute atomic E-state index is 0.138. The Morgan fingerprint density at radius 3 is 2.44 bits per heavy atom. The second kappa shape index (κ2) is 10.3. The maximum absolute atomic E-state index is 14.1. The highest BCUT2D eigenvalue weighted by atomic mass is 16.2. The number of aryl methyl sites for hydroxylation is 3. The van der Waals surface area contributed by atoms with E-state index in [0.717, 1.165) is 58.1 Å². The number of nitrogens with zero attached hydrogens (tertiary/aromatic N) is 4. The van der Waals surface area contributed by atoms with Crippen LogP contribution >= 0.6 is 0 Å². The van der Waals surface area contributed by atoms with Crippen molar-refractivity contribution in [3.05, 3.63) is 131 Å². The van der Waals surface area contributed by atoms with Crippen LogP contribution in [-0.2, 0) is 19.4 Å². The van der Waals surface area contributed by atoms with Crippen molar-refractivity contribution in [3.63, 3.8) is 0 Å². The summed E-state index contributed by atoms with van der Waals surface area (Å²) >= 11 is 0. The van der Waals surface area contributed by atoms with E-state index in [0.29, 0.717) is 6.54 Å². The summed E-state index contributed by atoms with van der Waals surface area (Å²) in [5.41, 5.74) is 8.33. The summed E-state index contributed by atoms with van der Waals surface area (Å²) < 4.78 is 4.24. The van der Waals surface area contributed by atoms with E-state index in [1.165, 1.54) is 5.56 Å². The number of anilines is 1. The maximum Gasteiger partial charge on any atom is 0.322 e. The molecule has 0 aliphatic carbocycles. The van der Waals surface area contributed by atoms with Gasteiger partial charge in [-0.1, -0.05) is 74.0 Å². The largest absolute Gasteiger partial charge is 0.322 e. The Bertz CT molecular complexity index is 1610. The van der Waals surface area contributed by atoms with E-state index < -0.39 is 0 Å². The van der Waals surface area contributed by atoms with Gasteiger partial charge in [0, 0.05) is 17.4 Å². The second-order valence-corrected chi connectivity index (χ2v) is 10.1. The Balaban J connectivity index is 1.53. The number of urea groups is 1. The molecular formula is C33H33N5O. The first kappa shape index (κ1) is 24.7. The topological polar surface area (TPSA) is 55.1 Å². The van der Waals surface area contributed by atoms with Gasteiger partial charge in [-0.25, -0.2) is 9.48 Å². The normalized spacial score (nSPS) is 14.4. The van der Waals surface area contributed by atoms with Crippen LogP contribution in [0, 0.1) is 6.92 Å². The number of benzene rings is 3. The van der Waals surface area contributed by atoms with Crippen LogP contribution in [0.15, 0.2) is 97.2 Å². The lowest BCUT2D eigenvalue weighted by atomic mass is 10.00. The Labute approximate surface area is 229 Å². The molecule has 3 heterocycles. The average molecular weight is 516 g/mol. The Morgan fingerprint density at radius 2 is 1.72 bits per heavy atom. The number of amides is 2. The van der Waals surface area contributed by atoms with Gasteiger partial charge in [-0.2, -0.15) is 5.10 Å². The molecule has 0 radical (unpaired) electrons. The predicted molar refractivity (Wildman–Crippen MR) is 156 cm³/mol. The summed E-state index contributed by atoms with van der Waals surface area (Å²) in [7, 11) is 0. The van der Waals surface area contributed by atoms with Gasteiger partial charge in [0.1, 0.15) is 5.82 Å². The lowest BCUT2D eigenvalue weighted by Gasteiger charge is -2.31. The van der Waals surface area contributed by atoms with Crippen molar-refractivity contribution in [1.29, 1.82) is 0 Å². The molecule has 1 atom stereocenters. The predicted octanol–water partition coefficient (Wildman–Crippen LogP) is 7.23. The van der Waals surface area contributed by atoms with Crippen LogP contribution in [0.1, 0.15) is 53.5 Å². The summed E-state index contributed by atoms with van der Waals surface area (Å²) in [6, 6.07) is 30.5.